The highest BCUT2D eigenvalue weighted by molar-refractivity contribution is 6.31. The molecule has 0 bridgehead atoms. The molecule has 11 nitrogen and oxygen atoms in total. The lowest BCUT2D eigenvalue weighted by Gasteiger charge is -2.40. The lowest BCUT2D eigenvalue weighted by molar-refractivity contribution is 0.0193. The zero-order valence-corrected chi connectivity index (χ0v) is 29.5. The Kier molecular flexibility index (Phi) is 9.40. The van der Waals surface area contributed by atoms with Crippen LogP contribution in [0.25, 0.3) is 11.3 Å². The van der Waals surface area contributed by atoms with Gasteiger partial charge in [-0.3, -0.25) is 24.1 Å². The van der Waals surface area contributed by atoms with Crippen molar-refractivity contribution in [1.29, 1.82) is 5.26 Å². The summed E-state index contributed by atoms with van der Waals surface area (Å²) in [5, 5.41) is 24.2. The van der Waals surface area contributed by atoms with E-state index < -0.39 is 0 Å². The van der Waals surface area contributed by atoms with Gasteiger partial charge in [-0.05, 0) is 73.0 Å². The Morgan fingerprint density at radius 1 is 1.00 bits per heavy atom. The van der Waals surface area contributed by atoms with Crippen LogP contribution >= 0.6 is 11.6 Å². The number of hydrogen-bond acceptors (Lipinski definition) is 7. The Morgan fingerprint density at radius 3 is 2.43 bits per heavy atom. The van der Waals surface area contributed by atoms with Crippen LogP contribution in [0.1, 0.15) is 43.2 Å². The number of anilines is 2. The molecule has 1 atom stereocenters. The molecule has 12 heteroatoms. The number of morpholine rings is 1. The van der Waals surface area contributed by atoms with Crippen molar-refractivity contribution in [2.45, 2.75) is 25.9 Å². The Labute approximate surface area is 301 Å². The van der Waals surface area contributed by atoms with E-state index >= 15 is 0 Å². The number of aryl methyl sites for hydroxylation is 1. The Hall–Kier alpha value is -5.41. The fourth-order valence-electron chi connectivity index (χ4n) is 7.11. The van der Waals surface area contributed by atoms with E-state index in [0.29, 0.717) is 64.4 Å². The van der Waals surface area contributed by atoms with Crippen LogP contribution in [0.3, 0.4) is 0 Å². The average Bonchev–Trinajstić information content (AvgIpc) is 3.66. The fraction of sp³-hybridized carbons (Fsp3) is 0.282. The smallest absolute Gasteiger partial charge is 0.265 e. The van der Waals surface area contributed by atoms with E-state index in [2.05, 4.69) is 28.2 Å². The van der Waals surface area contributed by atoms with Crippen molar-refractivity contribution < 1.29 is 19.4 Å². The zero-order chi connectivity index (χ0) is 35.8. The molecule has 5 aromatic rings. The van der Waals surface area contributed by atoms with E-state index in [1.54, 1.807) is 49.5 Å². The number of phenolic OH excluding ortho intramolecular Hbond substituents is 1. The number of hydrogen-bond donors (Lipinski definition) is 1. The number of benzene rings is 3. The van der Waals surface area contributed by atoms with Crippen LogP contribution in [0.5, 0.6) is 5.75 Å². The highest BCUT2D eigenvalue weighted by Gasteiger charge is 2.34. The number of nitriles is 1. The highest BCUT2D eigenvalue weighted by atomic mass is 35.5. The summed E-state index contributed by atoms with van der Waals surface area (Å²) in [6.45, 7) is 6.07. The number of aromatic hydroxyl groups is 1. The first-order chi connectivity index (χ1) is 24.6. The maximum Gasteiger partial charge on any atom is 0.265 e. The number of nitrogens with zero attached hydrogens (tertiary/aromatic N) is 7. The molecule has 2 aromatic heterocycles. The minimum absolute atomic E-state index is 0.0441. The largest absolute Gasteiger partial charge is 0.508 e. The molecule has 2 amide bonds. The zero-order valence-electron chi connectivity index (χ0n) is 28.7. The molecule has 0 aliphatic carbocycles. The van der Waals surface area contributed by atoms with Gasteiger partial charge in [0.25, 0.3) is 11.8 Å². The molecule has 1 N–H and O–H groups in total. The molecule has 3 aromatic carbocycles. The first-order valence-electron chi connectivity index (χ1n) is 16.8. The van der Waals surface area contributed by atoms with Crippen molar-refractivity contribution in [3.8, 4) is 23.1 Å². The molecule has 4 heterocycles. The molecule has 260 valence electrons. The summed E-state index contributed by atoms with van der Waals surface area (Å²) in [6.07, 6.45) is 0.749. The second-order valence-electron chi connectivity index (χ2n) is 13.0. The summed E-state index contributed by atoms with van der Waals surface area (Å²) >= 11 is 6.62. The van der Waals surface area contributed by atoms with Crippen LogP contribution in [-0.2, 0) is 31.8 Å². The topological polar surface area (TPSA) is 120 Å². The summed E-state index contributed by atoms with van der Waals surface area (Å²) < 4.78 is 8.96. The fourth-order valence-corrected chi connectivity index (χ4v) is 7.28. The predicted molar refractivity (Wildman–Crippen MR) is 194 cm³/mol. The third-order valence-electron chi connectivity index (χ3n) is 9.95. The van der Waals surface area contributed by atoms with Gasteiger partial charge in [0.05, 0.1) is 24.5 Å². The summed E-state index contributed by atoms with van der Waals surface area (Å²) in [5.41, 5.74) is 5.83. The van der Waals surface area contributed by atoms with Gasteiger partial charge < -0.3 is 19.3 Å². The standard InChI is InChI=1S/C39H38ClN7O4/c1-25-34(39(50)47(30-9-11-32(48)12-10-30)37-20-29(22-41)42-44(37)3)21-36(43(25)2)35-19-28(40)8-13-33(35)38(49)46-23-27-7-5-4-6-26(27)18-31(46)24-45-14-16-51-17-15-45/h4-13,19-21,31,48H,14-18,23-24H2,1-3H3/t31-/m0/s1. The number of carbonyl (C=O) groups is 2. The summed E-state index contributed by atoms with van der Waals surface area (Å²) in [7, 11) is 3.52. The highest BCUT2D eigenvalue weighted by Crippen LogP contribution is 2.36. The summed E-state index contributed by atoms with van der Waals surface area (Å²) in [5.74, 6) is -0.0524. The quantitative estimate of drug-likeness (QED) is 0.226. The van der Waals surface area contributed by atoms with Gasteiger partial charge in [-0.2, -0.15) is 10.4 Å². The molecule has 0 spiro atoms. The first kappa shape index (κ1) is 34.1. The summed E-state index contributed by atoms with van der Waals surface area (Å²) in [6, 6.07) is 25.2. The molecule has 0 radical (unpaired) electrons. The Bertz CT molecular complexity index is 2160. The second-order valence-corrected chi connectivity index (χ2v) is 13.5. The minimum Gasteiger partial charge on any atom is -0.508 e. The van der Waals surface area contributed by atoms with Gasteiger partial charge in [0.2, 0.25) is 0 Å². The van der Waals surface area contributed by atoms with E-state index in [9.17, 15) is 20.0 Å². The van der Waals surface area contributed by atoms with Gasteiger partial charge in [-0.15, -0.1) is 0 Å². The second kappa shape index (κ2) is 14.1. The first-order valence-corrected chi connectivity index (χ1v) is 17.2. The van der Waals surface area contributed by atoms with Crippen LogP contribution in [0.4, 0.5) is 11.5 Å². The number of aromatic nitrogens is 3. The number of ether oxygens (including phenoxy) is 1. The van der Waals surface area contributed by atoms with Gasteiger partial charge in [0.1, 0.15) is 17.6 Å². The van der Waals surface area contributed by atoms with E-state index in [0.717, 1.165) is 31.6 Å². The molecule has 0 saturated carbocycles. The SMILES string of the molecule is Cc1c(C(=O)N(c2ccc(O)cc2)c2cc(C#N)nn2C)cc(-c2cc(Cl)ccc2C(=O)N2Cc3ccccc3C[C@H]2CN2CCOCC2)n1C. The number of halogens is 1. The van der Waals surface area contributed by atoms with Crippen molar-refractivity contribution in [2.24, 2.45) is 14.1 Å². The number of carbonyl (C=O) groups excluding carboxylic acids is 2. The van der Waals surface area contributed by atoms with Gasteiger partial charge >= 0.3 is 0 Å². The molecule has 1 fully saturated rings. The molecule has 7 rings (SSSR count). The number of fused-ring (bicyclic) bond motifs is 1. The van der Waals surface area contributed by atoms with Crippen molar-refractivity contribution in [1.82, 2.24) is 24.1 Å². The maximum atomic E-state index is 14.8. The van der Waals surface area contributed by atoms with E-state index in [1.807, 2.05) is 35.6 Å². The molecule has 51 heavy (non-hydrogen) atoms. The van der Waals surface area contributed by atoms with E-state index in [-0.39, 0.29) is 29.3 Å². The Balaban J connectivity index is 1.28. The molecular weight excluding hydrogens is 666 g/mol. The van der Waals surface area contributed by atoms with Crippen molar-refractivity contribution in [3.63, 3.8) is 0 Å². The molecular formula is C39H38ClN7O4. The van der Waals surface area contributed by atoms with E-state index in [4.69, 9.17) is 16.3 Å². The normalized spacial score (nSPS) is 16.1. The van der Waals surface area contributed by atoms with Crippen molar-refractivity contribution >= 4 is 34.9 Å². The number of rotatable bonds is 7. The van der Waals surface area contributed by atoms with Gasteiger partial charge in [0.15, 0.2) is 5.69 Å². The molecule has 2 aliphatic rings. The average molecular weight is 704 g/mol. The number of amides is 2. The molecule has 1 saturated heterocycles. The van der Waals surface area contributed by atoms with Crippen LogP contribution in [0.2, 0.25) is 5.02 Å². The lowest BCUT2D eigenvalue weighted by atomic mass is 9.92. The molecule has 2 aliphatic heterocycles. The predicted octanol–water partition coefficient (Wildman–Crippen LogP) is 5.84. The van der Waals surface area contributed by atoms with Crippen LogP contribution in [0, 0.1) is 18.3 Å². The summed E-state index contributed by atoms with van der Waals surface area (Å²) in [4.78, 5) is 35.2. The van der Waals surface area contributed by atoms with E-state index in [1.165, 1.54) is 27.3 Å². The number of phenols is 1. The lowest BCUT2D eigenvalue weighted by Crippen LogP contribution is -2.52. The van der Waals surface area contributed by atoms with Gasteiger partial charge in [-0.1, -0.05) is 35.9 Å². The van der Waals surface area contributed by atoms with Crippen molar-refractivity contribution in [3.05, 3.63) is 118 Å². The third kappa shape index (κ3) is 6.61. The maximum absolute atomic E-state index is 14.8. The van der Waals surface area contributed by atoms with Crippen LogP contribution < -0.4 is 4.90 Å². The van der Waals surface area contributed by atoms with Gasteiger partial charge in [0, 0.05) is 79.9 Å². The van der Waals surface area contributed by atoms with Crippen LogP contribution in [0.15, 0.2) is 78.9 Å². The third-order valence-corrected chi connectivity index (χ3v) is 10.2. The van der Waals surface area contributed by atoms with Crippen LogP contribution in [-0.4, -0.2) is 80.0 Å². The Morgan fingerprint density at radius 2 is 1.73 bits per heavy atom. The monoisotopic (exact) mass is 703 g/mol. The van der Waals surface area contributed by atoms with Crippen molar-refractivity contribution in [2.75, 3.05) is 37.7 Å². The minimum atomic E-state index is -0.374. The molecule has 0 unspecified atom stereocenters. The van der Waals surface area contributed by atoms with Gasteiger partial charge in [-0.25, -0.2) is 0 Å².